The van der Waals surface area contributed by atoms with Crippen molar-refractivity contribution < 1.29 is 19.8 Å². The van der Waals surface area contributed by atoms with Crippen molar-refractivity contribution in [2.24, 2.45) is 28.3 Å². The molecule has 0 bridgehead atoms. The quantitative estimate of drug-likeness (QED) is 0.0932. The van der Waals surface area contributed by atoms with Gasteiger partial charge in [-0.15, -0.1) is 0 Å². The lowest BCUT2D eigenvalue weighted by Gasteiger charge is -2.17. The molecule has 1 rings (SSSR count). The van der Waals surface area contributed by atoms with E-state index in [1.807, 2.05) is 19.1 Å². The van der Waals surface area contributed by atoms with Gasteiger partial charge in [-0.25, -0.2) is 9.79 Å². The Morgan fingerprint density at radius 1 is 1.03 bits per heavy atom. The van der Waals surface area contributed by atoms with E-state index in [4.69, 9.17) is 16.6 Å². The summed E-state index contributed by atoms with van der Waals surface area (Å²) < 4.78 is 0. The fourth-order valence-electron chi connectivity index (χ4n) is 3.81. The Morgan fingerprint density at radius 2 is 1.66 bits per heavy atom. The number of aliphatic carboxylic acids is 1. The lowest BCUT2D eigenvalue weighted by molar-refractivity contribution is -0.131. The molecule has 0 aromatic heterocycles. The Kier molecular flexibility index (Phi) is 13.5. The molecular weight excluding hydrogens is 406 g/mol. The molecule has 0 radical (unpaired) electrons. The number of carboxylic acids is 1. The summed E-state index contributed by atoms with van der Waals surface area (Å²) in [5, 5.41) is 18.6. The van der Waals surface area contributed by atoms with E-state index in [0.29, 0.717) is 17.9 Å². The van der Waals surface area contributed by atoms with Crippen LogP contribution < -0.4 is 11.5 Å². The van der Waals surface area contributed by atoms with Gasteiger partial charge in [0.2, 0.25) is 0 Å². The molecule has 0 unspecified atom stereocenters. The number of phenolic OH excluding ortho intramolecular Hbond substituents is 1. The zero-order valence-electron chi connectivity index (χ0n) is 19.2. The largest absolute Gasteiger partial charge is 0.508 e. The van der Waals surface area contributed by atoms with Crippen LogP contribution in [0.15, 0.2) is 40.9 Å². The second-order valence-corrected chi connectivity index (χ2v) is 8.62. The molecule has 0 aliphatic carbocycles. The number of aromatic hydroxyl groups is 1. The summed E-state index contributed by atoms with van der Waals surface area (Å²) in [6.07, 6.45) is 12.1. The average molecular weight is 446 g/mol. The number of aldehydes is 1. The monoisotopic (exact) mass is 445 g/mol. The molecule has 0 aliphatic heterocycles. The number of nitrogens with two attached hydrogens (primary N) is 2. The Morgan fingerprint density at radius 3 is 2.25 bits per heavy atom. The molecule has 0 amide bonds. The molecule has 0 fully saturated rings. The third kappa shape index (κ3) is 13.5. The van der Waals surface area contributed by atoms with Crippen molar-refractivity contribution >= 4 is 18.2 Å². The Hall–Kier alpha value is -2.83. The molecule has 0 saturated carbocycles. The minimum absolute atomic E-state index is 0.0437. The summed E-state index contributed by atoms with van der Waals surface area (Å²) in [4.78, 5) is 25.7. The van der Waals surface area contributed by atoms with Crippen LogP contribution in [0.5, 0.6) is 5.75 Å². The number of benzene rings is 1. The summed E-state index contributed by atoms with van der Waals surface area (Å²) in [6, 6.07) is 7.38. The van der Waals surface area contributed by atoms with Crippen LogP contribution in [-0.4, -0.2) is 35.0 Å². The van der Waals surface area contributed by atoms with E-state index in [-0.39, 0.29) is 24.2 Å². The SMILES string of the molecule is C[C@H](C=O)CCCCC[C@H](CCCCC(=CC(=O)O)CN=C(N)N)Cc1ccc(O)cc1. The lowest BCUT2D eigenvalue weighted by atomic mass is 9.88. The second kappa shape index (κ2) is 15.9. The molecule has 1 aromatic carbocycles. The average Bonchev–Trinajstić information content (AvgIpc) is 2.75. The summed E-state index contributed by atoms with van der Waals surface area (Å²) in [5.74, 6) is -0.103. The van der Waals surface area contributed by atoms with Gasteiger partial charge in [0.05, 0.1) is 6.54 Å². The maximum atomic E-state index is 11.0. The zero-order chi connectivity index (χ0) is 23.8. The number of carbonyl (C=O) groups excluding carboxylic acids is 1. The highest BCUT2D eigenvalue weighted by Crippen LogP contribution is 2.24. The molecule has 0 saturated heterocycles. The highest BCUT2D eigenvalue weighted by molar-refractivity contribution is 5.81. The van der Waals surface area contributed by atoms with E-state index >= 15 is 0 Å². The van der Waals surface area contributed by atoms with Gasteiger partial charge in [-0.05, 0) is 54.9 Å². The number of carboxylic acid groups (broad SMARTS) is 1. The number of hydrogen-bond acceptors (Lipinski definition) is 4. The van der Waals surface area contributed by atoms with E-state index in [2.05, 4.69) is 4.99 Å². The van der Waals surface area contributed by atoms with Crippen LogP contribution >= 0.6 is 0 Å². The normalized spacial score (nSPS) is 13.3. The predicted octanol–water partition coefficient (Wildman–Crippen LogP) is 4.18. The summed E-state index contributed by atoms with van der Waals surface area (Å²) in [5.41, 5.74) is 12.6. The van der Waals surface area contributed by atoms with Crippen molar-refractivity contribution in [3.63, 3.8) is 0 Å². The molecule has 0 spiro atoms. The van der Waals surface area contributed by atoms with Crippen LogP contribution in [0, 0.1) is 11.8 Å². The van der Waals surface area contributed by atoms with E-state index in [0.717, 1.165) is 64.1 Å². The van der Waals surface area contributed by atoms with Crippen molar-refractivity contribution in [2.45, 2.75) is 71.1 Å². The Bertz CT molecular complexity index is 740. The first-order valence-corrected chi connectivity index (χ1v) is 11.5. The van der Waals surface area contributed by atoms with Gasteiger partial charge in [-0.2, -0.15) is 0 Å². The predicted molar refractivity (Wildman–Crippen MR) is 128 cm³/mol. The van der Waals surface area contributed by atoms with Crippen molar-refractivity contribution in [2.75, 3.05) is 6.54 Å². The van der Waals surface area contributed by atoms with E-state index in [1.54, 1.807) is 12.1 Å². The van der Waals surface area contributed by atoms with Gasteiger partial charge in [0.1, 0.15) is 12.0 Å². The fraction of sp³-hybridized carbons (Fsp3) is 0.560. The number of unbranched alkanes of at least 4 members (excludes halogenated alkanes) is 3. The van der Waals surface area contributed by atoms with Gasteiger partial charge in [-0.1, -0.05) is 57.6 Å². The molecule has 0 heterocycles. The minimum atomic E-state index is -0.986. The van der Waals surface area contributed by atoms with Gasteiger partial charge in [-0.3, -0.25) is 0 Å². The molecule has 7 heteroatoms. The van der Waals surface area contributed by atoms with Crippen molar-refractivity contribution in [3.8, 4) is 5.75 Å². The van der Waals surface area contributed by atoms with Gasteiger partial charge in [0, 0.05) is 12.0 Å². The smallest absolute Gasteiger partial charge is 0.328 e. The van der Waals surface area contributed by atoms with Crippen molar-refractivity contribution in [1.29, 1.82) is 0 Å². The van der Waals surface area contributed by atoms with Crippen LogP contribution in [0.4, 0.5) is 0 Å². The van der Waals surface area contributed by atoms with Crippen molar-refractivity contribution in [1.82, 2.24) is 0 Å². The third-order valence-electron chi connectivity index (χ3n) is 5.62. The van der Waals surface area contributed by atoms with Crippen LogP contribution in [0.3, 0.4) is 0 Å². The summed E-state index contributed by atoms with van der Waals surface area (Å²) in [6.45, 7) is 2.17. The zero-order valence-corrected chi connectivity index (χ0v) is 19.2. The number of phenols is 1. The highest BCUT2D eigenvalue weighted by Gasteiger charge is 2.11. The number of aliphatic imine (C=N–C) groups is 1. The summed E-state index contributed by atoms with van der Waals surface area (Å²) >= 11 is 0. The Labute approximate surface area is 191 Å². The van der Waals surface area contributed by atoms with Crippen LogP contribution in [0.2, 0.25) is 0 Å². The van der Waals surface area contributed by atoms with E-state index < -0.39 is 5.97 Å². The van der Waals surface area contributed by atoms with Gasteiger partial charge < -0.3 is 26.5 Å². The number of rotatable bonds is 17. The molecule has 6 N–H and O–H groups in total. The number of guanidine groups is 1. The number of nitrogens with zero attached hydrogens (tertiary/aromatic N) is 1. The van der Waals surface area contributed by atoms with Crippen LogP contribution in [-0.2, 0) is 16.0 Å². The Balaban J connectivity index is 2.55. The number of hydrogen-bond donors (Lipinski definition) is 4. The minimum Gasteiger partial charge on any atom is -0.508 e. The molecule has 1 aromatic rings. The van der Waals surface area contributed by atoms with E-state index in [1.165, 1.54) is 11.6 Å². The first-order valence-electron chi connectivity index (χ1n) is 11.5. The first-order chi connectivity index (χ1) is 15.3. The second-order valence-electron chi connectivity index (χ2n) is 8.62. The highest BCUT2D eigenvalue weighted by atomic mass is 16.4. The maximum Gasteiger partial charge on any atom is 0.328 e. The molecular formula is C25H39N3O4. The topological polar surface area (TPSA) is 139 Å². The molecule has 2 atom stereocenters. The lowest BCUT2D eigenvalue weighted by Crippen LogP contribution is -2.23. The van der Waals surface area contributed by atoms with Crippen LogP contribution in [0.25, 0.3) is 0 Å². The first kappa shape index (κ1) is 27.2. The fourth-order valence-corrected chi connectivity index (χ4v) is 3.81. The van der Waals surface area contributed by atoms with E-state index in [9.17, 15) is 14.7 Å². The number of carbonyl (C=O) groups is 2. The molecule has 0 aliphatic rings. The van der Waals surface area contributed by atoms with Gasteiger partial charge in [0.25, 0.3) is 0 Å². The molecule has 7 nitrogen and oxygen atoms in total. The molecule has 178 valence electrons. The third-order valence-corrected chi connectivity index (χ3v) is 5.62. The maximum absolute atomic E-state index is 11.0. The van der Waals surface area contributed by atoms with Gasteiger partial charge in [0.15, 0.2) is 5.96 Å². The van der Waals surface area contributed by atoms with Crippen LogP contribution in [0.1, 0.15) is 70.3 Å². The standard InChI is InChI=1S/C25H39N3O4/c1-19(18-29)7-3-2-4-8-20(15-21-11-13-23(30)14-12-21)9-5-6-10-22(16-24(31)32)17-28-25(26)27/h11-14,16,18-20,30H,2-10,15,17H2,1H3,(H,31,32)(H4,26,27,28)/t19-,20+/m0/s1. The van der Waals surface area contributed by atoms with Gasteiger partial charge >= 0.3 is 5.97 Å². The summed E-state index contributed by atoms with van der Waals surface area (Å²) in [7, 11) is 0. The van der Waals surface area contributed by atoms with Crippen molar-refractivity contribution in [3.05, 3.63) is 41.5 Å². The molecule has 32 heavy (non-hydrogen) atoms.